The van der Waals surface area contributed by atoms with E-state index in [4.69, 9.17) is 5.11 Å². The van der Waals surface area contributed by atoms with Gasteiger partial charge in [0, 0.05) is 6.54 Å². The van der Waals surface area contributed by atoms with Gasteiger partial charge in [0.25, 0.3) is 0 Å². The van der Waals surface area contributed by atoms with Crippen molar-refractivity contribution in [3.8, 4) is 0 Å². The van der Waals surface area contributed by atoms with Crippen molar-refractivity contribution in [2.45, 2.75) is 19.1 Å². The quantitative estimate of drug-likeness (QED) is 0.623. The molecule has 1 unspecified atom stereocenters. The van der Waals surface area contributed by atoms with Gasteiger partial charge in [0.2, 0.25) is 5.91 Å². The fourth-order valence-electron chi connectivity index (χ4n) is 0.778. The molecule has 0 saturated heterocycles. The first-order chi connectivity index (χ1) is 6.31. The first-order valence-corrected chi connectivity index (χ1v) is 5.74. The summed E-state index contributed by atoms with van der Waals surface area (Å²) in [7, 11) is -3.89. The maximum atomic E-state index is 11.2. The normalized spacial score (nSPS) is 13.3. The van der Waals surface area contributed by atoms with Crippen LogP contribution in [0.1, 0.15) is 13.8 Å². The van der Waals surface area contributed by atoms with E-state index in [0.29, 0.717) is 6.54 Å². The van der Waals surface area contributed by atoms with Crippen molar-refractivity contribution in [1.29, 1.82) is 0 Å². The van der Waals surface area contributed by atoms with Gasteiger partial charge in [0.05, 0.1) is 0 Å². The van der Waals surface area contributed by atoms with Crippen LogP contribution in [0.15, 0.2) is 0 Å². The van der Waals surface area contributed by atoms with Crippen LogP contribution in [0, 0.1) is 0 Å². The van der Waals surface area contributed by atoms with Gasteiger partial charge in [-0.15, -0.1) is 0 Å². The molecule has 0 saturated carbocycles. The van der Waals surface area contributed by atoms with Crippen LogP contribution in [-0.4, -0.2) is 42.9 Å². The molecule has 0 aromatic rings. The minimum Gasteiger partial charge on any atom is -0.480 e. The number of carbonyl (C=O) groups is 2. The van der Waals surface area contributed by atoms with Crippen LogP contribution in [0.25, 0.3) is 0 Å². The molecule has 0 rings (SSSR count). The molecule has 0 aromatic carbocycles. The highest BCUT2D eigenvalue weighted by Crippen LogP contribution is 2.01. The van der Waals surface area contributed by atoms with Gasteiger partial charge >= 0.3 is 5.97 Å². The number of carbonyl (C=O) groups excluding carboxylic acids is 1. The van der Waals surface area contributed by atoms with E-state index in [9.17, 15) is 18.0 Å². The Morgan fingerprint density at radius 3 is 2.29 bits per heavy atom. The zero-order valence-electron chi connectivity index (χ0n) is 7.98. The number of nitrogens with one attached hydrogen (secondary N) is 1. The largest absolute Gasteiger partial charge is 0.480 e. The van der Waals surface area contributed by atoms with Crippen LogP contribution in [0.4, 0.5) is 0 Å². The highest BCUT2D eigenvalue weighted by molar-refractivity contribution is 7.93. The molecule has 1 amide bonds. The lowest BCUT2D eigenvalue weighted by Gasteiger charge is -2.10. The van der Waals surface area contributed by atoms with E-state index in [1.807, 2.05) is 0 Å². The number of hydrogen-bond donors (Lipinski definition) is 2. The SMILES string of the molecule is CCNC(=O)C(C)S(=O)(=O)CC(=O)O. The van der Waals surface area contributed by atoms with Gasteiger partial charge in [0.15, 0.2) is 9.84 Å². The van der Waals surface area contributed by atoms with Crippen LogP contribution in [-0.2, 0) is 19.4 Å². The lowest BCUT2D eigenvalue weighted by Crippen LogP contribution is -2.39. The van der Waals surface area contributed by atoms with Gasteiger partial charge in [-0.25, -0.2) is 8.42 Å². The molecule has 1 atom stereocenters. The Morgan fingerprint density at radius 2 is 1.93 bits per heavy atom. The molecule has 0 aliphatic carbocycles. The Balaban J connectivity index is 4.58. The predicted molar refractivity (Wildman–Crippen MR) is 49.6 cm³/mol. The van der Waals surface area contributed by atoms with Gasteiger partial charge in [-0.2, -0.15) is 0 Å². The summed E-state index contributed by atoms with van der Waals surface area (Å²) in [6, 6.07) is 0. The molecule has 0 aliphatic heterocycles. The fraction of sp³-hybridized carbons (Fsp3) is 0.714. The van der Waals surface area contributed by atoms with Gasteiger partial charge in [-0.05, 0) is 13.8 Å². The van der Waals surface area contributed by atoms with Crippen molar-refractivity contribution < 1.29 is 23.1 Å². The molecule has 0 radical (unpaired) electrons. The lowest BCUT2D eigenvalue weighted by molar-refractivity contribution is -0.134. The Bertz CT molecular complexity index is 321. The van der Waals surface area contributed by atoms with Crippen LogP contribution < -0.4 is 5.32 Å². The second-order valence-electron chi connectivity index (χ2n) is 2.74. The molecule has 14 heavy (non-hydrogen) atoms. The van der Waals surface area contributed by atoms with Crippen molar-refractivity contribution >= 4 is 21.7 Å². The predicted octanol–water partition coefficient (Wildman–Crippen LogP) is -0.990. The summed E-state index contributed by atoms with van der Waals surface area (Å²) in [5.41, 5.74) is 0. The lowest BCUT2D eigenvalue weighted by atomic mass is 10.4. The Morgan fingerprint density at radius 1 is 1.43 bits per heavy atom. The van der Waals surface area contributed by atoms with E-state index in [2.05, 4.69) is 5.32 Å². The minimum absolute atomic E-state index is 0.311. The Labute approximate surface area is 82.2 Å². The highest BCUT2D eigenvalue weighted by Gasteiger charge is 2.29. The molecule has 0 heterocycles. The number of hydrogen-bond acceptors (Lipinski definition) is 4. The van der Waals surface area contributed by atoms with Gasteiger partial charge in [0.1, 0.15) is 11.0 Å². The van der Waals surface area contributed by atoms with Gasteiger partial charge in [-0.1, -0.05) is 0 Å². The average molecular weight is 223 g/mol. The van der Waals surface area contributed by atoms with Crippen molar-refractivity contribution in [1.82, 2.24) is 5.32 Å². The Kier molecular flexibility index (Phi) is 4.55. The number of rotatable bonds is 5. The number of sulfone groups is 1. The number of aliphatic carboxylic acids is 1. The highest BCUT2D eigenvalue weighted by atomic mass is 32.2. The molecular formula is C7H13NO5S. The van der Waals surface area contributed by atoms with E-state index in [-0.39, 0.29) is 0 Å². The third-order valence-corrected chi connectivity index (χ3v) is 3.52. The van der Waals surface area contributed by atoms with E-state index < -0.39 is 32.7 Å². The fourth-order valence-corrected chi connectivity index (χ4v) is 1.78. The monoisotopic (exact) mass is 223 g/mol. The summed E-state index contributed by atoms with van der Waals surface area (Å²) in [5.74, 6) is -3.15. The molecule has 0 aliphatic rings. The molecule has 7 heteroatoms. The first-order valence-electron chi connectivity index (χ1n) is 4.02. The third kappa shape index (κ3) is 3.73. The first kappa shape index (κ1) is 12.9. The zero-order valence-corrected chi connectivity index (χ0v) is 8.80. The Hall–Kier alpha value is -1.11. The molecule has 6 nitrogen and oxygen atoms in total. The third-order valence-electron chi connectivity index (χ3n) is 1.58. The molecule has 0 spiro atoms. The second-order valence-corrected chi connectivity index (χ2v) is 5.06. The van der Waals surface area contributed by atoms with Crippen molar-refractivity contribution in [2.24, 2.45) is 0 Å². The van der Waals surface area contributed by atoms with Gasteiger partial charge in [-0.3, -0.25) is 9.59 Å². The molecular weight excluding hydrogens is 210 g/mol. The van der Waals surface area contributed by atoms with E-state index in [0.717, 1.165) is 0 Å². The summed E-state index contributed by atoms with van der Waals surface area (Å²) >= 11 is 0. The van der Waals surface area contributed by atoms with Crippen LogP contribution in [0.5, 0.6) is 0 Å². The van der Waals surface area contributed by atoms with E-state index in [1.54, 1.807) is 6.92 Å². The minimum atomic E-state index is -3.89. The number of amides is 1. The maximum Gasteiger partial charge on any atom is 0.318 e. The summed E-state index contributed by atoms with van der Waals surface area (Å²) in [6.07, 6.45) is 0. The number of carboxylic acid groups (broad SMARTS) is 1. The summed E-state index contributed by atoms with van der Waals surface area (Å²) in [4.78, 5) is 21.3. The van der Waals surface area contributed by atoms with Crippen LogP contribution in [0.3, 0.4) is 0 Å². The zero-order chi connectivity index (χ0) is 11.4. The van der Waals surface area contributed by atoms with Crippen molar-refractivity contribution in [2.75, 3.05) is 12.3 Å². The standard InChI is InChI=1S/C7H13NO5S/c1-3-8-7(11)5(2)14(12,13)4-6(9)10/h5H,3-4H2,1-2H3,(H,8,11)(H,9,10). The van der Waals surface area contributed by atoms with Crippen molar-refractivity contribution in [3.63, 3.8) is 0 Å². The van der Waals surface area contributed by atoms with Gasteiger partial charge < -0.3 is 10.4 Å². The average Bonchev–Trinajstić information content (AvgIpc) is 2.01. The van der Waals surface area contributed by atoms with E-state index in [1.165, 1.54) is 6.92 Å². The molecule has 2 N–H and O–H groups in total. The summed E-state index contributed by atoms with van der Waals surface area (Å²) < 4.78 is 22.4. The topological polar surface area (TPSA) is 101 Å². The molecule has 82 valence electrons. The summed E-state index contributed by atoms with van der Waals surface area (Å²) in [6.45, 7) is 3.13. The summed E-state index contributed by atoms with van der Waals surface area (Å²) in [5, 5.41) is 9.29. The van der Waals surface area contributed by atoms with Crippen molar-refractivity contribution in [3.05, 3.63) is 0 Å². The molecule has 0 fully saturated rings. The maximum absolute atomic E-state index is 11.2. The molecule has 0 bridgehead atoms. The number of carboxylic acids is 1. The molecule has 0 aromatic heterocycles. The second kappa shape index (κ2) is 4.94. The van der Waals surface area contributed by atoms with Crippen LogP contribution in [0.2, 0.25) is 0 Å². The van der Waals surface area contributed by atoms with Crippen LogP contribution >= 0.6 is 0 Å². The van der Waals surface area contributed by atoms with E-state index >= 15 is 0 Å². The smallest absolute Gasteiger partial charge is 0.318 e.